The third kappa shape index (κ3) is 7.57. The minimum absolute atomic E-state index is 0.196. The van der Waals surface area contributed by atoms with Crippen LogP contribution in [0.3, 0.4) is 0 Å². The van der Waals surface area contributed by atoms with Crippen LogP contribution < -0.4 is 0 Å². The zero-order valence-electron chi connectivity index (χ0n) is 18.5. The van der Waals surface area contributed by atoms with Gasteiger partial charge in [0.05, 0.1) is 13.5 Å². The van der Waals surface area contributed by atoms with Crippen LogP contribution in [-0.4, -0.2) is 24.8 Å². The van der Waals surface area contributed by atoms with E-state index in [2.05, 4.69) is 46.8 Å². The van der Waals surface area contributed by atoms with E-state index in [1.165, 1.54) is 20.0 Å². The number of ether oxygens (including phenoxy) is 1. The SMILES string of the molecule is CC/C=C/[C@H](CC)C[C@H](CC)C[C@]1(CC)C[C@H](CC)[C@H](CC(=O)OC)OO1. The topological polar surface area (TPSA) is 44.8 Å². The summed E-state index contributed by atoms with van der Waals surface area (Å²) in [7, 11) is 1.42. The number of carbonyl (C=O) groups is 1. The molecule has 0 aromatic rings. The Morgan fingerprint density at radius 1 is 1.22 bits per heavy atom. The molecule has 4 nitrogen and oxygen atoms in total. The van der Waals surface area contributed by atoms with Crippen molar-refractivity contribution in [3.8, 4) is 0 Å². The molecule has 5 atom stereocenters. The van der Waals surface area contributed by atoms with E-state index in [0.29, 0.717) is 17.8 Å². The molecule has 27 heavy (non-hydrogen) atoms. The molecule has 0 saturated carbocycles. The van der Waals surface area contributed by atoms with Crippen LogP contribution in [0.5, 0.6) is 0 Å². The maximum absolute atomic E-state index is 11.7. The number of allylic oxidation sites excluding steroid dienone is 2. The summed E-state index contributed by atoms with van der Waals surface area (Å²) in [6.45, 7) is 11.1. The van der Waals surface area contributed by atoms with Gasteiger partial charge < -0.3 is 4.74 Å². The van der Waals surface area contributed by atoms with Gasteiger partial charge in [-0.1, -0.05) is 59.6 Å². The highest BCUT2D eigenvalue weighted by Crippen LogP contribution is 2.42. The third-order valence-corrected chi connectivity index (χ3v) is 6.32. The van der Waals surface area contributed by atoms with Crippen LogP contribution in [0.15, 0.2) is 12.2 Å². The fourth-order valence-corrected chi connectivity index (χ4v) is 4.26. The lowest BCUT2D eigenvalue weighted by atomic mass is 9.75. The van der Waals surface area contributed by atoms with Crippen LogP contribution in [-0.2, 0) is 19.3 Å². The number of rotatable bonds is 12. The van der Waals surface area contributed by atoms with E-state index in [9.17, 15) is 4.79 Å². The van der Waals surface area contributed by atoms with Crippen molar-refractivity contribution >= 4 is 5.97 Å². The zero-order valence-corrected chi connectivity index (χ0v) is 18.5. The molecular weight excluding hydrogens is 340 g/mol. The van der Waals surface area contributed by atoms with Gasteiger partial charge in [0.2, 0.25) is 0 Å². The van der Waals surface area contributed by atoms with Gasteiger partial charge in [0.1, 0.15) is 11.7 Å². The number of hydrogen-bond acceptors (Lipinski definition) is 4. The average Bonchev–Trinajstić information content (AvgIpc) is 2.71. The second-order valence-corrected chi connectivity index (χ2v) is 8.13. The quantitative estimate of drug-likeness (QED) is 0.227. The van der Waals surface area contributed by atoms with E-state index < -0.39 is 0 Å². The molecule has 0 aromatic carbocycles. The molecule has 0 bridgehead atoms. The Kier molecular flexibility index (Phi) is 11.2. The van der Waals surface area contributed by atoms with Crippen LogP contribution in [0.25, 0.3) is 0 Å². The number of esters is 1. The van der Waals surface area contributed by atoms with Gasteiger partial charge in [-0.3, -0.25) is 4.79 Å². The minimum Gasteiger partial charge on any atom is -0.469 e. The normalized spacial score (nSPS) is 28.2. The van der Waals surface area contributed by atoms with E-state index in [-0.39, 0.29) is 24.1 Å². The van der Waals surface area contributed by atoms with E-state index >= 15 is 0 Å². The maximum atomic E-state index is 11.7. The Hall–Kier alpha value is -0.870. The summed E-state index contributed by atoms with van der Waals surface area (Å²) in [6.07, 6.45) is 13.3. The molecule has 1 fully saturated rings. The molecule has 158 valence electrons. The minimum atomic E-state index is -0.235. The molecule has 4 heteroatoms. The van der Waals surface area contributed by atoms with Crippen molar-refractivity contribution in [2.75, 3.05) is 7.11 Å². The Morgan fingerprint density at radius 2 is 1.96 bits per heavy atom. The largest absolute Gasteiger partial charge is 0.469 e. The first-order valence-corrected chi connectivity index (χ1v) is 11.0. The van der Waals surface area contributed by atoms with Gasteiger partial charge in [-0.05, 0) is 56.3 Å². The second-order valence-electron chi connectivity index (χ2n) is 8.13. The van der Waals surface area contributed by atoms with Crippen LogP contribution >= 0.6 is 0 Å². The summed E-state index contributed by atoms with van der Waals surface area (Å²) in [5, 5.41) is 0. The zero-order chi connectivity index (χ0) is 20.3. The van der Waals surface area contributed by atoms with Crippen molar-refractivity contribution < 1.29 is 19.3 Å². The molecular formula is C23H42O4. The molecule has 1 aliphatic heterocycles. The molecule has 1 aliphatic rings. The van der Waals surface area contributed by atoms with E-state index in [0.717, 1.165) is 38.5 Å². The predicted octanol–water partition coefficient (Wildman–Crippen LogP) is 6.24. The molecule has 1 rings (SSSR count). The van der Waals surface area contributed by atoms with Gasteiger partial charge in [-0.15, -0.1) is 0 Å². The van der Waals surface area contributed by atoms with Crippen LogP contribution in [0.4, 0.5) is 0 Å². The first-order valence-electron chi connectivity index (χ1n) is 11.0. The fraction of sp³-hybridized carbons (Fsp3) is 0.870. The number of methoxy groups -OCH3 is 1. The molecule has 1 heterocycles. The van der Waals surface area contributed by atoms with Crippen LogP contribution in [0, 0.1) is 17.8 Å². The van der Waals surface area contributed by atoms with Crippen molar-refractivity contribution in [2.45, 2.75) is 104 Å². The molecule has 0 unspecified atom stereocenters. The average molecular weight is 383 g/mol. The fourth-order valence-electron chi connectivity index (χ4n) is 4.26. The van der Waals surface area contributed by atoms with E-state index in [4.69, 9.17) is 14.5 Å². The van der Waals surface area contributed by atoms with Crippen molar-refractivity contribution in [3.05, 3.63) is 12.2 Å². The molecule has 0 spiro atoms. The monoisotopic (exact) mass is 382 g/mol. The standard InChI is InChI=1S/C23H42O4/c1-7-12-13-18(8-2)14-19(9-3)16-23(11-5)17-20(10-4)21(26-27-23)15-22(24)25-6/h12-13,18-21H,7-11,14-17H2,1-6H3/b13-12+/t18-,19-,20-,21-,23+/m0/s1. The Labute approximate surface area is 167 Å². The molecule has 0 radical (unpaired) electrons. The van der Waals surface area contributed by atoms with Crippen molar-refractivity contribution in [1.82, 2.24) is 0 Å². The third-order valence-electron chi connectivity index (χ3n) is 6.32. The summed E-state index contributed by atoms with van der Waals surface area (Å²) in [5.41, 5.74) is -0.235. The predicted molar refractivity (Wildman–Crippen MR) is 110 cm³/mol. The van der Waals surface area contributed by atoms with Crippen molar-refractivity contribution in [3.63, 3.8) is 0 Å². The summed E-state index contributed by atoms with van der Waals surface area (Å²) < 4.78 is 4.81. The molecule has 0 N–H and O–H groups in total. The van der Waals surface area contributed by atoms with Crippen molar-refractivity contribution in [1.29, 1.82) is 0 Å². The van der Waals surface area contributed by atoms with Gasteiger partial charge >= 0.3 is 5.97 Å². The lowest BCUT2D eigenvalue weighted by Gasteiger charge is -2.44. The summed E-state index contributed by atoms with van der Waals surface area (Å²) in [5.74, 6) is 1.36. The molecule has 0 amide bonds. The van der Waals surface area contributed by atoms with Gasteiger partial charge in [-0.2, -0.15) is 0 Å². The van der Waals surface area contributed by atoms with E-state index in [1.54, 1.807) is 0 Å². The smallest absolute Gasteiger partial charge is 0.308 e. The highest BCUT2D eigenvalue weighted by atomic mass is 17.2. The van der Waals surface area contributed by atoms with Crippen LogP contribution in [0.2, 0.25) is 0 Å². The van der Waals surface area contributed by atoms with Gasteiger partial charge in [-0.25, -0.2) is 9.78 Å². The first kappa shape index (κ1) is 24.2. The van der Waals surface area contributed by atoms with Gasteiger partial charge in [0, 0.05) is 0 Å². The second kappa shape index (κ2) is 12.6. The highest BCUT2D eigenvalue weighted by molar-refractivity contribution is 5.69. The lowest BCUT2D eigenvalue weighted by Crippen LogP contribution is -2.46. The lowest BCUT2D eigenvalue weighted by molar-refractivity contribution is -0.424. The summed E-state index contributed by atoms with van der Waals surface area (Å²) >= 11 is 0. The summed E-state index contributed by atoms with van der Waals surface area (Å²) in [4.78, 5) is 23.5. The Bertz CT molecular complexity index is 448. The van der Waals surface area contributed by atoms with Crippen molar-refractivity contribution in [2.24, 2.45) is 17.8 Å². The Morgan fingerprint density at radius 3 is 2.48 bits per heavy atom. The molecule has 1 saturated heterocycles. The highest BCUT2D eigenvalue weighted by Gasteiger charge is 2.43. The summed E-state index contributed by atoms with van der Waals surface area (Å²) in [6, 6.07) is 0. The number of hydrogen-bond donors (Lipinski definition) is 0. The van der Waals surface area contributed by atoms with E-state index in [1.807, 2.05) is 0 Å². The molecule has 0 aliphatic carbocycles. The Balaban J connectivity index is 2.78. The number of carbonyl (C=O) groups excluding carboxylic acids is 1. The van der Waals surface area contributed by atoms with Crippen LogP contribution in [0.1, 0.15) is 92.4 Å². The van der Waals surface area contributed by atoms with Gasteiger partial charge in [0.15, 0.2) is 0 Å². The van der Waals surface area contributed by atoms with Gasteiger partial charge in [0.25, 0.3) is 0 Å². The molecule has 0 aromatic heterocycles. The maximum Gasteiger partial charge on any atom is 0.308 e. The first-order chi connectivity index (χ1) is 13.0.